The number of methoxy groups -OCH3 is 1. The van der Waals surface area contributed by atoms with Crippen LogP contribution < -0.4 is 10.1 Å². The zero-order chi connectivity index (χ0) is 16.1. The summed E-state index contributed by atoms with van der Waals surface area (Å²) >= 11 is 0. The SMILES string of the molecule is CCC(CNc1ccc2cccc(OC)c2n1)N1CCOCC1. The molecule has 1 saturated heterocycles. The van der Waals surface area contributed by atoms with Gasteiger partial charge in [-0.05, 0) is 24.6 Å². The van der Waals surface area contributed by atoms with Crippen molar-refractivity contribution in [2.75, 3.05) is 45.3 Å². The molecule has 0 aliphatic carbocycles. The first kappa shape index (κ1) is 16.0. The van der Waals surface area contributed by atoms with Gasteiger partial charge in [0.25, 0.3) is 0 Å². The number of pyridine rings is 1. The lowest BCUT2D eigenvalue weighted by atomic mass is 10.1. The van der Waals surface area contributed by atoms with Crippen molar-refractivity contribution in [3.05, 3.63) is 30.3 Å². The number of anilines is 1. The molecule has 1 aliphatic rings. The fourth-order valence-corrected chi connectivity index (χ4v) is 3.08. The van der Waals surface area contributed by atoms with Gasteiger partial charge in [-0.25, -0.2) is 4.98 Å². The molecule has 5 nitrogen and oxygen atoms in total. The minimum absolute atomic E-state index is 0.508. The highest BCUT2D eigenvalue weighted by Crippen LogP contribution is 2.24. The standard InChI is InChI=1S/C18H25N3O2/c1-3-15(21-9-11-23-12-10-21)13-19-17-8-7-14-5-4-6-16(22-2)18(14)20-17/h4-8,15H,3,9-13H2,1-2H3,(H,19,20). The lowest BCUT2D eigenvalue weighted by molar-refractivity contribution is 0.0184. The molecule has 3 rings (SSSR count). The maximum Gasteiger partial charge on any atom is 0.145 e. The van der Waals surface area contributed by atoms with E-state index in [-0.39, 0.29) is 0 Å². The molecular weight excluding hydrogens is 290 g/mol. The van der Waals surface area contributed by atoms with Gasteiger partial charge in [0.1, 0.15) is 17.1 Å². The summed E-state index contributed by atoms with van der Waals surface area (Å²) in [7, 11) is 1.68. The number of aromatic nitrogens is 1. The summed E-state index contributed by atoms with van der Waals surface area (Å²) in [5.74, 6) is 1.71. The first-order valence-corrected chi connectivity index (χ1v) is 8.31. The number of hydrogen-bond donors (Lipinski definition) is 1. The number of nitrogens with one attached hydrogen (secondary N) is 1. The first-order chi connectivity index (χ1) is 11.3. The van der Waals surface area contributed by atoms with Crippen molar-refractivity contribution in [3.63, 3.8) is 0 Å². The molecule has 2 aromatic rings. The molecule has 1 fully saturated rings. The fourth-order valence-electron chi connectivity index (χ4n) is 3.08. The third kappa shape index (κ3) is 3.74. The van der Waals surface area contributed by atoms with Crippen molar-refractivity contribution in [2.24, 2.45) is 0 Å². The fraction of sp³-hybridized carbons (Fsp3) is 0.500. The number of hydrogen-bond acceptors (Lipinski definition) is 5. The normalized spacial score (nSPS) is 17.1. The van der Waals surface area contributed by atoms with E-state index in [2.05, 4.69) is 29.3 Å². The number of rotatable bonds is 6. The van der Waals surface area contributed by atoms with Gasteiger partial charge >= 0.3 is 0 Å². The predicted molar refractivity (Wildman–Crippen MR) is 93.3 cm³/mol. The van der Waals surface area contributed by atoms with Crippen molar-refractivity contribution in [3.8, 4) is 5.75 Å². The molecule has 0 amide bonds. The van der Waals surface area contributed by atoms with Crippen LogP contribution in [0.2, 0.25) is 0 Å². The van der Waals surface area contributed by atoms with Gasteiger partial charge in [0.15, 0.2) is 0 Å². The zero-order valence-corrected chi connectivity index (χ0v) is 13.9. The molecule has 0 spiro atoms. The van der Waals surface area contributed by atoms with Crippen LogP contribution in [0.1, 0.15) is 13.3 Å². The minimum atomic E-state index is 0.508. The summed E-state index contributed by atoms with van der Waals surface area (Å²) in [6.45, 7) is 6.82. The number of ether oxygens (including phenoxy) is 2. The Bertz CT molecular complexity index is 641. The molecule has 1 N–H and O–H groups in total. The second kappa shape index (κ2) is 7.62. The number of morpholine rings is 1. The van der Waals surface area contributed by atoms with Crippen molar-refractivity contribution in [1.82, 2.24) is 9.88 Å². The Morgan fingerprint density at radius 2 is 2.09 bits per heavy atom. The van der Waals surface area contributed by atoms with Crippen LogP contribution >= 0.6 is 0 Å². The van der Waals surface area contributed by atoms with E-state index in [1.54, 1.807) is 7.11 Å². The molecule has 1 aromatic heterocycles. The summed E-state index contributed by atoms with van der Waals surface area (Å²) in [5, 5.41) is 4.58. The largest absolute Gasteiger partial charge is 0.494 e. The van der Waals surface area contributed by atoms with Crippen molar-refractivity contribution in [1.29, 1.82) is 0 Å². The van der Waals surface area contributed by atoms with Gasteiger partial charge < -0.3 is 14.8 Å². The molecule has 5 heteroatoms. The van der Waals surface area contributed by atoms with Crippen molar-refractivity contribution < 1.29 is 9.47 Å². The minimum Gasteiger partial charge on any atom is -0.494 e. The van der Waals surface area contributed by atoms with Gasteiger partial charge in [0, 0.05) is 31.1 Å². The van der Waals surface area contributed by atoms with Crippen LogP contribution in [0.3, 0.4) is 0 Å². The van der Waals surface area contributed by atoms with Crippen LogP contribution in [0.25, 0.3) is 10.9 Å². The van der Waals surface area contributed by atoms with Crippen LogP contribution in [0.5, 0.6) is 5.75 Å². The highest BCUT2D eigenvalue weighted by atomic mass is 16.5. The van der Waals surface area contributed by atoms with Crippen LogP contribution in [0.4, 0.5) is 5.82 Å². The first-order valence-electron chi connectivity index (χ1n) is 8.31. The van der Waals surface area contributed by atoms with E-state index in [4.69, 9.17) is 14.5 Å². The molecule has 1 aliphatic heterocycles. The summed E-state index contributed by atoms with van der Waals surface area (Å²) in [5.41, 5.74) is 0.902. The van der Waals surface area contributed by atoms with Crippen LogP contribution in [-0.4, -0.2) is 55.9 Å². The average Bonchev–Trinajstić information content (AvgIpc) is 2.62. The molecule has 124 valence electrons. The van der Waals surface area contributed by atoms with E-state index in [9.17, 15) is 0 Å². The Kier molecular flexibility index (Phi) is 5.31. The van der Waals surface area contributed by atoms with E-state index >= 15 is 0 Å². The number of benzene rings is 1. The highest BCUT2D eigenvalue weighted by Gasteiger charge is 2.19. The van der Waals surface area contributed by atoms with Gasteiger partial charge in [-0.15, -0.1) is 0 Å². The quantitative estimate of drug-likeness (QED) is 0.888. The van der Waals surface area contributed by atoms with E-state index in [0.717, 1.165) is 61.7 Å². The average molecular weight is 315 g/mol. The Balaban J connectivity index is 1.70. The maximum atomic E-state index is 5.44. The summed E-state index contributed by atoms with van der Waals surface area (Å²) in [4.78, 5) is 7.22. The molecule has 1 aromatic carbocycles. The third-order valence-electron chi connectivity index (χ3n) is 4.46. The Morgan fingerprint density at radius 3 is 2.83 bits per heavy atom. The Morgan fingerprint density at radius 1 is 1.26 bits per heavy atom. The second-order valence-electron chi connectivity index (χ2n) is 5.82. The number of nitrogens with zero attached hydrogens (tertiary/aromatic N) is 2. The van der Waals surface area contributed by atoms with Gasteiger partial charge in [-0.1, -0.05) is 19.1 Å². The maximum absolute atomic E-state index is 5.44. The lowest BCUT2D eigenvalue weighted by Gasteiger charge is -2.34. The van der Waals surface area contributed by atoms with E-state index in [0.29, 0.717) is 6.04 Å². The smallest absolute Gasteiger partial charge is 0.145 e. The molecule has 0 saturated carbocycles. The predicted octanol–water partition coefficient (Wildman–Crippen LogP) is 2.77. The van der Waals surface area contributed by atoms with Crippen LogP contribution in [0.15, 0.2) is 30.3 Å². The molecule has 1 unspecified atom stereocenters. The molecule has 1 atom stereocenters. The van der Waals surface area contributed by atoms with Crippen LogP contribution in [0, 0.1) is 0 Å². The van der Waals surface area contributed by atoms with E-state index in [1.807, 2.05) is 18.2 Å². The molecule has 0 bridgehead atoms. The second-order valence-corrected chi connectivity index (χ2v) is 5.82. The lowest BCUT2D eigenvalue weighted by Crippen LogP contribution is -2.46. The van der Waals surface area contributed by atoms with Gasteiger partial charge in [-0.3, -0.25) is 4.90 Å². The molecule has 0 radical (unpaired) electrons. The Hall–Kier alpha value is -1.85. The van der Waals surface area contributed by atoms with Gasteiger partial charge in [0.05, 0.1) is 20.3 Å². The Labute approximate surface area is 137 Å². The van der Waals surface area contributed by atoms with E-state index < -0.39 is 0 Å². The number of para-hydroxylation sites is 1. The monoisotopic (exact) mass is 315 g/mol. The molecule has 23 heavy (non-hydrogen) atoms. The number of fused-ring (bicyclic) bond motifs is 1. The van der Waals surface area contributed by atoms with E-state index in [1.165, 1.54) is 0 Å². The third-order valence-corrected chi connectivity index (χ3v) is 4.46. The molecular formula is C18H25N3O2. The zero-order valence-electron chi connectivity index (χ0n) is 13.9. The van der Waals surface area contributed by atoms with Crippen LogP contribution in [-0.2, 0) is 4.74 Å². The van der Waals surface area contributed by atoms with Crippen molar-refractivity contribution in [2.45, 2.75) is 19.4 Å². The van der Waals surface area contributed by atoms with Crippen molar-refractivity contribution >= 4 is 16.7 Å². The molecule has 2 heterocycles. The van der Waals surface area contributed by atoms with Gasteiger partial charge in [-0.2, -0.15) is 0 Å². The summed E-state index contributed by atoms with van der Waals surface area (Å²) < 4.78 is 10.9. The topological polar surface area (TPSA) is 46.6 Å². The summed E-state index contributed by atoms with van der Waals surface area (Å²) in [6, 6.07) is 10.6. The highest BCUT2D eigenvalue weighted by molar-refractivity contribution is 5.85. The summed E-state index contributed by atoms with van der Waals surface area (Å²) in [6.07, 6.45) is 1.11. The van der Waals surface area contributed by atoms with Gasteiger partial charge in [0.2, 0.25) is 0 Å².